The lowest BCUT2D eigenvalue weighted by Crippen LogP contribution is -2.43. The van der Waals surface area contributed by atoms with E-state index >= 15 is 0 Å². The molecule has 3 atom stereocenters. The van der Waals surface area contributed by atoms with Crippen LogP contribution in [0.25, 0.3) is 0 Å². The van der Waals surface area contributed by atoms with Gasteiger partial charge >= 0.3 is 5.97 Å². The predicted molar refractivity (Wildman–Crippen MR) is 87.6 cm³/mol. The smallest absolute Gasteiger partial charge is 0.326 e. The van der Waals surface area contributed by atoms with Gasteiger partial charge in [0.1, 0.15) is 6.04 Å². The summed E-state index contributed by atoms with van der Waals surface area (Å²) >= 11 is 0. The van der Waals surface area contributed by atoms with E-state index in [0.717, 1.165) is 24.8 Å². The van der Waals surface area contributed by atoms with E-state index in [1.165, 1.54) is 12.0 Å². The van der Waals surface area contributed by atoms with Crippen LogP contribution in [0, 0.1) is 18.8 Å². The molecule has 0 aromatic heterocycles. The van der Waals surface area contributed by atoms with Gasteiger partial charge in [0.15, 0.2) is 11.5 Å². The largest absolute Gasteiger partial charge is 0.493 e. The van der Waals surface area contributed by atoms with Crippen LogP contribution in [-0.4, -0.2) is 48.7 Å². The lowest BCUT2D eigenvalue weighted by molar-refractivity contribution is -0.142. The third-order valence-corrected chi connectivity index (χ3v) is 5.37. The van der Waals surface area contributed by atoms with Crippen molar-refractivity contribution in [3.8, 4) is 11.5 Å². The Morgan fingerprint density at radius 3 is 2.46 bits per heavy atom. The molecule has 0 spiro atoms. The van der Waals surface area contributed by atoms with E-state index in [0.29, 0.717) is 29.5 Å². The number of carboxylic acid groups (broad SMARTS) is 1. The first-order valence-electron chi connectivity index (χ1n) is 8.24. The van der Waals surface area contributed by atoms with Gasteiger partial charge in [0.05, 0.1) is 14.2 Å². The summed E-state index contributed by atoms with van der Waals surface area (Å²) in [5.74, 6) is 0.255. The summed E-state index contributed by atoms with van der Waals surface area (Å²) < 4.78 is 10.5. The number of aryl methyl sites for hydroxylation is 1. The zero-order chi connectivity index (χ0) is 17.4. The third kappa shape index (κ3) is 2.60. The molecule has 1 aromatic carbocycles. The zero-order valence-electron chi connectivity index (χ0n) is 14.2. The van der Waals surface area contributed by atoms with Crippen LogP contribution in [0.4, 0.5) is 0 Å². The molecule has 24 heavy (non-hydrogen) atoms. The van der Waals surface area contributed by atoms with E-state index in [-0.39, 0.29) is 11.8 Å². The molecule has 1 N–H and O–H groups in total. The van der Waals surface area contributed by atoms with E-state index in [4.69, 9.17) is 9.47 Å². The minimum atomic E-state index is -0.907. The molecule has 0 unspecified atom stereocenters. The highest BCUT2D eigenvalue weighted by atomic mass is 16.5. The summed E-state index contributed by atoms with van der Waals surface area (Å²) in [5, 5.41) is 9.64. The maximum Gasteiger partial charge on any atom is 0.326 e. The molecule has 2 aliphatic rings. The van der Waals surface area contributed by atoms with Gasteiger partial charge in [0.2, 0.25) is 0 Å². The molecule has 1 aromatic rings. The number of fused-ring (bicyclic) bond motifs is 1. The fourth-order valence-corrected chi connectivity index (χ4v) is 4.20. The van der Waals surface area contributed by atoms with Gasteiger partial charge in [-0.2, -0.15) is 0 Å². The molecule has 2 fully saturated rings. The number of hydrogen-bond acceptors (Lipinski definition) is 4. The molecule has 6 nitrogen and oxygen atoms in total. The van der Waals surface area contributed by atoms with E-state index in [2.05, 4.69) is 0 Å². The van der Waals surface area contributed by atoms with Crippen LogP contribution in [0.15, 0.2) is 12.1 Å². The number of rotatable bonds is 4. The average molecular weight is 333 g/mol. The van der Waals surface area contributed by atoms with Crippen molar-refractivity contribution in [2.45, 2.75) is 32.2 Å². The number of hydrogen-bond donors (Lipinski definition) is 1. The van der Waals surface area contributed by atoms with E-state index < -0.39 is 12.0 Å². The zero-order valence-corrected chi connectivity index (χ0v) is 14.2. The Bertz CT molecular complexity index is 672. The Balaban J connectivity index is 1.95. The molecular weight excluding hydrogens is 310 g/mol. The molecule has 6 heteroatoms. The number of carbonyl (C=O) groups excluding carboxylic acids is 1. The number of likely N-dealkylation sites (tertiary alicyclic amines) is 1. The number of amides is 1. The predicted octanol–water partition coefficient (Wildman–Crippen LogP) is 2.34. The van der Waals surface area contributed by atoms with E-state index in [1.54, 1.807) is 19.2 Å². The monoisotopic (exact) mass is 333 g/mol. The van der Waals surface area contributed by atoms with Crippen molar-refractivity contribution in [1.82, 2.24) is 4.90 Å². The van der Waals surface area contributed by atoms with Crippen molar-refractivity contribution < 1.29 is 24.2 Å². The number of carbonyl (C=O) groups is 2. The molecule has 1 heterocycles. The number of nitrogens with zero attached hydrogens (tertiary/aromatic N) is 1. The highest BCUT2D eigenvalue weighted by Gasteiger charge is 2.49. The maximum absolute atomic E-state index is 13.0. The molecule has 1 saturated heterocycles. The van der Waals surface area contributed by atoms with Crippen LogP contribution >= 0.6 is 0 Å². The Hall–Kier alpha value is -2.24. The van der Waals surface area contributed by atoms with Crippen molar-refractivity contribution in [2.75, 3.05) is 20.8 Å². The SMILES string of the molecule is COc1cc(C)c(C(=O)N2C[C@@H]3CCC[C@H]3[C@H]2C(=O)O)cc1OC. The fraction of sp³-hybridized carbons (Fsp3) is 0.556. The van der Waals surface area contributed by atoms with Crippen molar-refractivity contribution in [3.05, 3.63) is 23.3 Å². The minimum Gasteiger partial charge on any atom is -0.493 e. The summed E-state index contributed by atoms with van der Waals surface area (Å²) in [6.45, 7) is 2.34. The van der Waals surface area contributed by atoms with Crippen molar-refractivity contribution >= 4 is 11.9 Å². The maximum atomic E-state index is 13.0. The fourth-order valence-electron chi connectivity index (χ4n) is 4.20. The second-order valence-corrected chi connectivity index (χ2v) is 6.62. The van der Waals surface area contributed by atoms with Crippen LogP contribution in [-0.2, 0) is 4.79 Å². The Morgan fingerprint density at radius 1 is 1.17 bits per heavy atom. The first-order valence-corrected chi connectivity index (χ1v) is 8.24. The lowest BCUT2D eigenvalue weighted by atomic mass is 9.94. The topological polar surface area (TPSA) is 76.1 Å². The van der Waals surface area contributed by atoms with Crippen LogP contribution < -0.4 is 9.47 Å². The standard InChI is InChI=1S/C18H23NO5/c1-10-7-14(23-2)15(24-3)8-13(10)17(20)19-9-11-5-4-6-12(11)16(19)18(21)22/h7-8,11-12,16H,4-6,9H2,1-3H3,(H,21,22)/t11-,12+,16-/m0/s1. The first-order chi connectivity index (χ1) is 11.5. The van der Waals surface area contributed by atoms with E-state index in [9.17, 15) is 14.7 Å². The Kier molecular flexibility index (Phi) is 4.39. The number of aliphatic carboxylic acids is 1. The van der Waals surface area contributed by atoms with Crippen LogP contribution in [0.1, 0.15) is 35.2 Å². The van der Waals surface area contributed by atoms with Gasteiger partial charge in [0, 0.05) is 12.1 Å². The van der Waals surface area contributed by atoms with Gasteiger partial charge in [-0.3, -0.25) is 4.79 Å². The van der Waals surface area contributed by atoms with E-state index in [1.807, 2.05) is 6.92 Å². The van der Waals surface area contributed by atoms with Gasteiger partial charge in [-0.15, -0.1) is 0 Å². The molecular formula is C18H23NO5. The van der Waals surface area contributed by atoms with Crippen LogP contribution in [0.2, 0.25) is 0 Å². The molecule has 1 aliphatic heterocycles. The Morgan fingerprint density at radius 2 is 1.83 bits per heavy atom. The highest BCUT2D eigenvalue weighted by Crippen LogP contribution is 2.43. The quantitative estimate of drug-likeness (QED) is 0.915. The van der Waals surface area contributed by atoms with Crippen molar-refractivity contribution in [3.63, 3.8) is 0 Å². The van der Waals surface area contributed by atoms with Crippen molar-refractivity contribution in [2.24, 2.45) is 11.8 Å². The summed E-state index contributed by atoms with van der Waals surface area (Å²) in [7, 11) is 3.06. The number of methoxy groups -OCH3 is 2. The molecule has 1 saturated carbocycles. The van der Waals surface area contributed by atoms with Gasteiger partial charge in [0.25, 0.3) is 5.91 Å². The van der Waals surface area contributed by atoms with Crippen molar-refractivity contribution in [1.29, 1.82) is 0 Å². The second kappa shape index (κ2) is 6.34. The molecule has 130 valence electrons. The summed E-state index contributed by atoms with van der Waals surface area (Å²) in [4.78, 5) is 26.3. The second-order valence-electron chi connectivity index (χ2n) is 6.62. The van der Waals surface area contributed by atoms with Gasteiger partial charge in [-0.1, -0.05) is 6.42 Å². The van der Waals surface area contributed by atoms with Crippen LogP contribution in [0.3, 0.4) is 0 Å². The number of carboxylic acids is 1. The van der Waals surface area contributed by atoms with Gasteiger partial charge in [-0.25, -0.2) is 4.79 Å². The normalized spacial score (nSPS) is 25.5. The minimum absolute atomic E-state index is 0.0758. The lowest BCUT2D eigenvalue weighted by Gasteiger charge is -2.25. The van der Waals surface area contributed by atoms with Gasteiger partial charge in [-0.05, 0) is 49.3 Å². The molecule has 3 rings (SSSR count). The highest BCUT2D eigenvalue weighted by molar-refractivity contribution is 5.99. The van der Waals surface area contributed by atoms with Crippen LogP contribution in [0.5, 0.6) is 11.5 Å². The summed E-state index contributed by atoms with van der Waals surface area (Å²) in [5.41, 5.74) is 1.22. The number of benzene rings is 1. The molecule has 0 bridgehead atoms. The molecule has 0 radical (unpaired) electrons. The first kappa shape index (κ1) is 16.6. The molecule has 1 amide bonds. The average Bonchev–Trinajstić information content (AvgIpc) is 3.13. The summed E-state index contributed by atoms with van der Waals surface area (Å²) in [6, 6.07) is 2.67. The number of ether oxygens (including phenoxy) is 2. The van der Waals surface area contributed by atoms with Gasteiger partial charge < -0.3 is 19.5 Å². The summed E-state index contributed by atoms with van der Waals surface area (Å²) in [6.07, 6.45) is 2.94. The Labute approximate surface area is 141 Å². The third-order valence-electron chi connectivity index (χ3n) is 5.37. The molecule has 1 aliphatic carbocycles.